The van der Waals surface area contributed by atoms with Gasteiger partial charge in [0.25, 0.3) is 10.0 Å². The molecule has 0 unspecified atom stereocenters. The van der Waals surface area contributed by atoms with Crippen molar-refractivity contribution in [1.82, 2.24) is 9.29 Å². The monoisotopic (exact) mass is 365 g/mol. The van der Waals surface area contributed by atoms with Crippen molar-refractivity contribution in [2.24, 2.45) is 0 Å². The molecule has 0 saturated heterocycles. The maximum Gasteiger partial charge on any atom is 0.268 e. The van der Waals surface area contributed by atoms with Crippen molar-refractivity contribution < 1.29 is 21.3 Å². The summed E-state index contributed by atoms with van der Waals surface area (Å²) in [5.74, 6) is -1.38. The topological polar surface area (TPSA) is 51.1 Å². The Labute approximate surface area is 149 Å². The molecule has 4 nitrogen and oxygen atoms in total. The van der Waals surface area contributed by atoms with Gasteiger partial charge >= 0.3 is 0 Å². The molecule has 130 valence electrons. The van der Waals surface area contributed by atoms with E-state index in [9.17, 15) is 17.2 Å². The number of nitrogens with zero attached hydrogens (tertiary/aromatic N) is 1. The van der Waals surface area contributed by atoms with E-state index in [1.54, 1.807) is 6.07 Å². The lowest BCUT2D eigenvalue weighted by Crippen LogP contribution is -2.14. The number of aromatic nitrogens is 1. The molecule has 1 heterocycles. The maximum atomic E-state index is 14.3. The molecule has 0 aliphatic rings. The standard InChI is InChI=1S/C18H16F2N2O2S/c1-21-11-13-9-18(16-7-2-3-8-17(16)20)22(12-13)25(23,24)15-6-4-5-14(19)10-15/h2-10,12,21H,11H2,1H3/i1D3. The van der Waals surface area contributed by atoms with Crippen molar-refractivity contribution in [3.8, 4) is 11.3 Å². The first-order chi connectivity index (χ1) is 13.1. The molecule has 3 rings (SSSR count). The first-order valence-corrected chi connectivity index (χ1v) is 8.74. The number of nitrogens with one attached hydrogen (secondary N) is 1. The molecule has 25 heavy (non-hydrogen) atoms. The van der Waals surface area contributed by atoms with Gasteiger partial charge in [0.05, 0.1) is 10.6 Å². The molecule has 0 spiro atoms. The van der Waals surface area contributed by atoms with E-state index in [2.05, 4.69) is 5.32 Å². The Bertz CT molecular complexity index is 1110. The Balaban J connectivity index is 2.16. The van der Waals surface area contributed by atoms with Gasteiger partial charge in [-0.25, -0.2) is 21.2 Å². The van der Waals surface area contributed by atoms with Crippen molar-refractivity contribution in [2.75, 3.05) is 6.98 Å². The van der Waals surface area contributed by atoms with Crippen LogP contribution in [0.1, 0.15) is 9.68 Å². The molecule has 0 bridgehead atoms. The summed E-state index contributed by atoms with van der Waals surface area (Å²) in [6.45, 7) is -2.59. The van der Waals surface area contributed by atoms with E-state index >= 15 is 0 Å². The Morgan fingerprint density at radius 1 is 1.12 bits per heavy atom. The van der Waals surface area contributed by atoms with E-state index in [4.69, 9.17) is 4.11 Å². The molecule has 7 heteroatoms. The summed E-state index contributed by atoms with van der Waals surface area (Å²) >= 11 is 0. The molecule has 0 radical (unpaired) electrons. The van der Waals surface area contributed by atoms with Gasteiger partial charge in [-0.15, -0.1) is 0 Å². The smallest absolute Gasteiger partial charge is 0.268 e. The molecule has 0 aliphatic carbocycles. The first kappa shape index (κ1) is 13.7. The van der Waals surface area contributed by atoms with Gasteiger partial charge < -0.3 is 5.32 Å². The highest BCUT2D eigenvalue weighted by molar-refractivity contribution is 7.90. The van der Waals surface area contributed by atoms with Crippen LogP contribution in [-0.2, 0) is 16.6 Å². The van der Waals surface area contributed by atoms with E-state index in [0.717, 1.165) is 16.1 Å². The predicted octanol–water partition coefficient (Wildman–Crippen LogP) is 3.39. The second-order valence-corrected chi connectivity index (χ2v) is 7.14. The summed E-state index contributed by atoms with van der Waals surface area (Å²) < 4.78 is 76.4. The Morgan fingerprint density at radius 3 is 2.64 bits per heavy atom. The van der Waals surface area contributed by atoms with Crippen molar-refractivity contribution in [3.05, 3.63) is 78.0 Å². The van der Waals surface area contributed by atoms with Crippen molar-refractivity contribution >= 4 is 10.0 Å². The predicted molar refractivity (Wildman–Crippen MR) is 91.6 cm³/mol. The molecular weight excluding hydrogens is 346 g/mol. The lowest BCUT2D eigenvalue weighted by molar-refractivity contribution is 0.583. The SMILES string of the molecule is [2H]C([2H])([2H])NCc1cc(-c2ccccc2F)n(S(=O)(=O)c2cccc(F)c2)c1. The maximum absolute atomic E-state index is 14.3. The van der Waals surface area contributed by atoms with Crippen LogP contribution in [-0.4, -0.2) is 19.4 Å². The second kappa shape index (κ2) is 6.78. The van der Waals surface area contributed by atoms with Gasteiger partial charge in [-0.2, -0.15) is 0 Å². The normalized spacial score (nSPS) is 13.9. The van der Waals surface area contributed by atoms with Crippen LogP contribution in [0.5, 0.6) is 0 Å². The van der Waals surface area contributed by atoms with E-state index < -0.39 is 28.6 Å². The summed E-state index contributed by atoms with van der Waals surface area (Å²) in [4.78, 5) is -0.309. The third-order valence-electron chi connectivity index (χ3n) is 3.64. The van der Waals surface area contributed by atoms with Crippen LogP contribution >= 0.6 is 0 Å². The third-order valence-corrected chi connectivity index (χ3v) is 5.31. The lowest BCUT2D eigenvalue weighted by Gasteiger charge is -2.11. The molecule has 3 aromatic rings. The summed E-state index contributed by atoms with van der Waals surface area (Å²) in [6.07, 6.45) is 1.20. The van der Waals surface area contributed by atoms with Gasteiger partial charge in [-0.05, 0) is 48.9 Å². The summed E-state index contributed by atoms with van der Waals surface area (Å²) in [5.41, 5.74) is 0.335. The van der Waals surface area contributed by atoms with Crippen LogP contribution in [0.25, 0.3) is 11.3 Å². The van der Waals surface area contributed by atoms with Crippen LogP contribution < -0.4 is 5.32 Å². The highest BCUT2D eigenvalue weighted by Crippen LogP contribution is 2.29. The van der Waals surface area contributed by atoms with Gasteiger partial charge in [0.15, 0.2) is 0 Å². The molecule has 0 atom stereocenters. The highest BCUT2D eigenvalue weighted by atomic mass is 32.2. The minimum atomic E-state index is -4.25. The fourth-order valence-corrected chi connectivity index (χ4v) is 3.92. The first-order valence-electron chi connectivity index (χ1n) is 8.80. The lowest BCUT2D eigenvalue weighted by atomic mass is 10.1. The summed E-state index contributed by atoms with van der Waals surface area (Å²) in [5, 5.41) is 2.28. The minimum absolute atomic E-state index is 0.00435. The van der Waals surface area contributed by atoms with Gasteiger partial charge in [0, 0.05) is 22.4 Å². The van der Waals surface area contributed by atoms with Gasteiger partial charge in [0.1, 0.15) is 11.6 Å². The molecule has 0 aliphatic heterocycles. The highest BCUT2D eigenvalue weighted by Gasteiger charge is 2.23. The molecule has 0 amide bonds. The number of hydrogen-bond donors (Lipinski definition) is 1. The van der Waals surface area contributed by atoms with Crippen LogP contribution in [0.4, 0.5) is 8.78 Å². The molecule has 1 N–H and O–H groups in total. The number of halogens is 2. The Kier molecular flexibility index (Phi) is 3.73. The average molecular weight is 365 g/mol. The van der Waals surface area contributed by atoms with Crippen molar-refractivity contribution in [2.45, 2.75) is 11.4 Å². The van der Waals surface area contributed by atoms with E-state index in [-0.39, 0.29) is 22.7 Å². The fourth-order valence-electron chi connectivity index (χ4n) is 2.50. The van der Waals surface area contributed by atoms with Gasteiger partial charge in [0.2, 0.25) is 0 Å². The minimum Gasteiger partial charge on any atom is -0.316 e. The van der Waals surface area contributed by atoms with Gasteiger partial charge in [-0.1, -0.05) is 18.2 Å². The molecular formula is C18H16F2N2O2S. The van der Waals surface area contributed by atoms with E-state index in [1.165, 1.54) is 42.6 Å². The summed E-state index contributed by atoms with van der Waals surface area (Å²) in [7, 11) is -4.25. The van der Waals surface area contributed by atoms with Crippen molar-refractivity contribution in [3.63, 3.8) is 0 Å². The third kappa shape index (κ3) is 3.33. The molecule has 0 saturated carbocycles. The Hall–Kier alpha value is -2.51. The zero-order valence-corrected chi connectivity index (χ0v) is 13.7. The van der Waals surface area contributed by atoms with Gasteiger partial charge in [-0.3, -0.25) is 0 Å². The molecule has 2 aromatic carbocycles. The quantitative estimate of drug-likeness (QED) is 0.754. The van der Waals surface area contributed by atoms with Crippen LogP contribution in [0.2, 0.25) is 0 Å². The van der Waals surface area contributed by atoms with Crippen LogP contribution in [0, 0.1) is 11.6 Å². The van der Waals surface area contributed by atoms with Crippen LogP contribution in [0.3, 0.4) is 0 Å². The second-order valence-electron chi connectivity index (χ2n) is 5.33. The van der Waals surface area contributed by atoms with E-state index in [1.807, 2.05) is 0 Å². The van der Waals surface area contributed by atoms with Crippen LogP contribution in [0.15, 0.2) is 65.7 Å². The molecule has 1 aromatic heterocycles. The zero-order valence-electron chi connectivity index (χ0n) is 15.9. The Morgan fingerprint density at radius 2 is 1.92 bits per heavy atom. The summed E-state index contributed by atoms with van der Waals surface area (Å²) in [6, 6.07) is 11.4. The zero-order chi connectivity index (χ0) is 20.5. The molecule has 0 fully saturated rings. The number of hydrogen-bond acceptors (Lipinski definition) is 3. The number of rotatable bonds is 5. The fraction of sp³-hybridized carbons (Fsp3) is 0.111. The number of benzene rings is 2. The average Bonchev–Trinajstić information content (AvgIpc) is 3.05. The van der Waals surface area contributed by atoms with E-state index in [0.29, 0.717) is 5.56 Å². The largest absolute Gasteiger partial charge is 0.316 e. The van der Waals surface area contributed by atoms with Crippen molar-refractivity contribution in [1.29, 1.82) is 0 Å².